The molecule has 3 heterocycles. The summed E-state index contributed by atoms with van der Waals surface area (Å²) < 4.78 is 16.9. The summed E-state index contributed by atoms with van der Waals surface area (Å²) in [5, 5.41) is 35.5. The van der Waals surface area contributed by atoms with Crippen LogP contribution in [0.15, 0.2) is 35.9 Å². The number of aromatic hydroxyl groups is 1. The summed E-state index contributed by atoms with van der Waals surface area (Å²) in [5.74, 6) is -0.649. The van der Waals surface area contributed by atoms with Gasteiger partial charge in [0.05, 0.1) is 24.3 Å². The summed E-state index contributed by atoms with van der Waals surface area (Å²) >= 11 is 0. The number of allylic oxidation sites excluding steroid dienone is 3. The van der Waals surface area contributed by atoms with Crippen LogP contribution in [0.5, 0.6) is 5.75 Å². The third kappa shape index (κ3) is 5.31. The molecule has 2 amide bonds. The summed E-state index contributed by atoms with van der Waals surface area (Å²) in [4.78, 5) is 27.1. The van der Waals surface area contributed by atoms with Gasteiger partial charge in [-0.3, -0.25) is 10.1 Å². The Morgan fingerprint density at radius 2 is 1.95 bits per heavy atom. The van der Waals surface area contributed by atoms with Gasteiger partial charge < -0.3 is 34.4 Å². The Morgan fingerprint density at radius 3 is 2.63 bits per heavy atom. The molecule has 4 rings (SSSR count). The Hall–Kier alpha value is -2.92. The molecule has 0 aliphatic carbocycles. The molecule has 4 bridgehead atoms. The Morgan fingerprint density at radius 1 is 1.24 bits per heavy atom. The van der Waals surface area contributed by atoms with Gasteiger partial charge in [0.25, 0.3) is 0 Å². The number of anilines is 1. The second-order valence-electron chi connectivity index (χ2n) is 10.9. The fourth-order valence-electron chi connectivity index (χ4n) is 5.52. The SMILES string of the molecule is CO[C@@H]1/C=C/C=C(\C)Cc2cc(O)c(C)c(c2)N(C)C(=O)C[C@H](O)[C@]2(C)OC2[C@H](C)[C@@H]2C[C@@]1(O)NC(=O)O2. The van der Waals surface area contributed by atoms with Gasteiger partial charge in [-0.15, -0.1) is 0 Å². The molecule has 1 aromatic rings. The van der Waals surface area contributed by atoms with Crippen LogP contribution < -0.4 is 10.2 Å². The number of rotatable bonds is 1. The van der Waals surface area contributed by atoms with Gasteiger partial charge in [-0.2, -0.15) is 0 Å². The number of hydrogen-bond donors (Lipinski definition) is 4. The average molecular weight is 531 g/mol. The lowest BCUT2D eigenvalue weighted by Gasteiger charge is -2.42. The number of epoxide rings is 1. The van der Waals surface area contributed by atoms with Gasteiger partial charge in [0.1, 0.15) is 23.6 Å². The van der Waals surface area contributed by atoms with Crippen molar-refractivity contribution in [1.82, 2.24) is 5.32 Å². The molecule has 1 unspecified atom stereocenters. The molecule has 0 spiro atoms. The largest absolute Gasteiger partial charge is 0.508 e. The number of amides is 2. The maximum absolute atomic E-state index is 13.2. The number of ether oxygens (including phenoxy) is 3. The fourth-order valence-corrected chi connectivity index (χ4v) is 5.52. The van der Waals surface area contributed by atoms with Crippen LogP contribution in [0.2, 0.25) is 0 Å². The maximum atomic E-state index is 13.2. The highest BCUT2D eigenvalue weighted by molar-refractivity contribution is 5.94. The third-order valence-corrected chi connectivity index (χ3v) is 8.09. The number of hydrogen-bond acceptors (Lipinski definition) is 8. The number of alkyl carbamates (subject to hydrolysis) is 1. The smallest absolute Gasteiger partial charge is 0.409 e. The molecule has 38 heavy (non-hydrogen) atoms. The molecule has 10 heteroatoms. The van der Waals surface area contributed by atoms with Crippen LogP contribution in [-0.4, -0.2) is 77.2 Å². The van der Waals surface area contributed by atoms with Gasteiger partial charge in [0, 0.05) is 32.1 Å². The van der Waals surface area contributed by atoms with Crippen molar-refractivity contribution in [2.24, 2.45) is 5.92 Å². The molecule has 3 aliphatic heterocycles. The highest BCUT2D eigenvalue weighted by Gasteiger charge is 2.62. The van der Waals surface area contributed by atoms with E-state index >= 15 is 0 Å². The molecule has 7 atom stereocenters. The summed E-state index contributed by atoms with van der Waals surface area (Å²) in [5.41, 5.74) is 0.103. The third-order valence-electron chi connectivity index (χ3n) is 8.09. The van der Waals surface area contributed by atoms with E-state index in [9.17, 15) is 24.9 Å². The van der Waals surface area contributed by atoms with Gasteiger partial charge >= 0.3 is 6.09 Å². The second-order valence-corrected chi connectivity index (χ2v) is 10.9. The molecular weight excluding hydrogens is 492 g/mol. The summed E-state index contributed by atoms with van der Waals surface area (Å²) in [7, 11) is 3.06. The highest BCUT2D eigenvalue weighted by Crippen LogP contribution is 2.48. The van der Waals surface area contributed by atoms with Crippen LogP contribution in [0.4, 0.5) is 10.5 Å². The molecule has 4 N–H and O–H groups in total. The van der Waals surface area contributed by atoms with Crippen molar-refractivity contribution in [3.05, 3.63) is 47.1 Å². The molecular formula is C28H38N2O8. The van der Waals surface area contributed by atoms with Crippen molar-refractivity contribution in [3.63, 3.8) is 0 Å². The zero-order valence-corrected chi connectivity index (χ0v) is 22.7. The van der Waals surface area contributed by atoms with Gasteiger partial charge in [0.15, 0.2) is 5.72 Å². The van der Waals surface area contributed by atoms with E-state index in [4.69, 9.17) is 14.2 Å². The fraction of sp³-hybridized carbons (Fsp3) is 0.571. The number of benzene rings is 1. The predicted octanol–water partition coefficient (Wildman–Crippen LogP) is 2.47. The molecule has 2 fully saturated rings. The van der Waals surface area contributed by atoms with Crippen molar-refractivity contribution < 1.29 is 39.1 Å². The van der Waals surface area contributed by atoms with E-state index in [1.165, 1.54) is 12.0 Å². The van der Waals surface area contributed by atoms with Crippen molar-refractivity contribution in [2.75, 3.05) is 19.1 Å². The standard InChI is InChI=1S/C28H38N2O8/c1-15-8-7-9-23(36-6)28(35)14-21(37-26(34)29-28)17(3)25-27(4,38-25)22(32)13-24(33)30(5)19-11-18(10-15)12-20(31)16(19)2/h7-9,11-12,17,21-23,25,31-32,35H,10,13-14H2,1-6H3,(H,29,34)/b9-7+,15-8+/t17-,21+,22+,23-,25?,27+,28+/m1/s1. The van der Waals surface area contributed by atoms with E-state index in [0.717, 1.165) is 11.1 Å². The first-order valence-corrected chi connectivity index (χ1v) is 12.8. The van der Waals surface area contributed by atoms with Crippen LogP contribution in [0.25, 0.3) is 0 Å². The number of methoxy groups -OCH3 is 1. The van der Waals surface area contributed by atoms with Gasteiger partial charge in [-0.1, -0.05) is 30.7 Å². The van der Waals surface area contributed by atoms with E-state index in [0.29, 0.717) is 17.7 Å². The minimum absolute atomic E-state index is 0.0313. The number of carbonyl (C=O) groups is 2. The Kier molecular flexibility index (Phi) is 7.64. The molecule has 208 valence electrons. The van der Waals surface area contributed by atoms with Crippen LogP contribution in [0, 0.1) is 12.8 Å². The van der Waals surface area contributed by atoms with Crippen LogP contribution in [-0.2, 0) is 25.4 Å². The summed E-state index contributed by atoms with van der Waals surface area (Å²) in [6.45, 7) is 7.20. The maximum Gasteiger partial charge on any atom is 0.409 e. The van der Waals surface area contributed by atoms with Crippen LogP contribution >= 0.6 is 0 Å². The first-order chi connectivity index (χ1) is 17.8. The summed E-state index contributed by atoms with van der Waals surface area (Å²) in [6.07, 6.45) is 1.60. The monoisotopic (exact) mass is 530 g/mol. The quantitative estimate of drug-likeness (QED) is 0.406. The second kappa shape index (κ2) is 10.3. The van der Waals surface area contributed by atoms with Crippen molar-refractivity contribution in [2.45, 2.75) is 82.7 Å². The van der Waals surface area contributed by atoms with E-state index in [2.05, 4.69) is 5.32 Å². The Labute approximate surface area is 222 Å². The lowest BCUT2D eigenvalue weighted by Crippen LogP contribution is -2.63. The zero-order valence-electron chi connectivity index (χ0n) is 22.7. The number of nitrogens with zero attached hydrogens (tertiary/aromatic N) is 1. The number of aliphatic hydroxyl groups is 2. The topological polar surface area (TPSA) is 141 Å². The van der Waals surface area contributed by atoms with E-state index in [1.54, 1.807) is 39.1 Å². The molecule has 1 aromatic carbocycles. The van der Waals surface area contributed by atoms with Gasteiger partial charge in [-0.05, 0) is 44.9 Å². The first kappa shape index (κ1) is 28.1. The first-order valence-electron chi connectivity index (χ1n) is 12.8. The average Bonchev–Trinajstić information content (AvgIpc) is 3.54. The van der Waals surface area contributed by atoms with E-state index < -0.39 is 41.8 Å². The molecule has 3 aliphatic rings. The minimum Gasteiger partial charge on any atom is -0.508 e. The summed E-state index contributed by atoms with van der Waals surface area (Å²) in [6, 6.07) is 3.52. The van der Waals surface area contributed by atoms with Gasteiger partial charge in [0.2, 0.25) is 5.91 Å². The number of phenolic OH excluding ortho intramolecular Hbond substituents is 1. The molecule has 2 saturated heterocycles. The zero-order chi connectivity index (χ0) is 28.0. The highest BCUT2D eigenvalue weighted by atomic mass is 16.6. The molecule has 0 aromatic heterocycles. The normalized spacial score (nSPS) is 38.4. The number of phenols is 1. The minimum atomic E-state index is -1.73. The molecule has 0 radical (unpaired) electrons. The van der Waals surface area contributed by atoms with E-state index in [1.807, 2.05) is 26.0 Å². The van der Waals surface area contributed by atoms with Crippen LogP contribution in [0.3, 0.4) is 0 Å². The van der Waals surface area contributed by atoms with Crippen molar-refractivity contribution in [3.8, 4) is 5.75 Å². The van der Waals surface area contributed by atoms with Crippen molar-refractivity contribution in [1.29, 1.82) is 0 Å². The lowest BCUT2D eigenvalue weighted by molar-refractivity contribution is -0.142. The number of nitrogens with one attached hydrogen (secondary N) is 1. The Balaban J connectivity index is 1.73. The van der Waals surface area contributed by atoms with Crippen LogP contribution in [0.1, 0.15) is 44.7 Å². The Bertz CT molecular complexity index is 1170. The molecule has 10 nitrogen and oxygen atoms in total. The number of fused-ring (bicyclic) bond motifs is 5. The number of carbonyl (C=O) groups excluding carboxylic acids is 2. The predicted molar refractivity (Wildman–Crippen MR) is 140 cm³/mol. The van der Waals surface area contributed by atoms with Crippen molar-refractivity contribution >= 4 is 17.7 Å². The van der Waals surface area contributed by atoms with Gasteiger partial charge in [-0.25, -0.2) is 4.79 Å². The number of aliphatic hydroxyl groups excluding tert-OH is 1. The van der Waals surface area contributed by atoms with E-state index in [-0.39, 0.29) is 30.4 Å². The molecule has 0 saturated carbocycles. The lowest BCUT2D eigenvalue weighted by atomic mass is 9.84.